The van der Waals surface area contributed by atoms with Crippen LogP contribution in [0.1, 0.15) is 42.6 Å². The molecule has 1 aromatic carbocycles. The first-order valence-electron chi connectivity index (χ1n) is 8.17. The van der Waals surface area contributed by atoms with E-state index < -0.39 is 5.54 Å². The molecule has 1 saturated carbocycles. The molecule has 1 aromatic heterocycles. The second-order valence-electron chi connectivity index (χ2n) is 6.06. The first kappa shape index (κ1) is 16.2. The third kappa shape index (κ3) is 3.02. The number of nitrogens with zero attached hydrogens (tertiary/aromatic N) is 2. The Labute approximate surface area is 140 Å². The molecule has 3 rings (SSSR count). The molecule has 1 fully saturated rings. The van der Waals surface area contributed by atoms with Gasteiger partial charge in [-0.25, -0.2) is 0 Å². The molecule has 24 heavy (non-hydrogen) atoms. The number of hydrogen-bond acceptors (Lipinski definition) is 4. The minimum Gasteiger partial charge on any atom is -0.357 e. The fourth-order valence-corrected chi connectivity index (χ4v) is 3.27. The van der Waals surface area contributed by atoms with Crippen LogP contribution < -0.4 is 10.6 Å². The van der Waals surface area contributed by atoms with Crippen molar-refractivity contribution in [1.29, 1.82) is 0 Å². The molecule has 0 bridgehead atoms. The maximum atomic E-state index is 12.8. The molecule has 2 amide bonds. The Hall–Kier alpha value is -2.70. The van der Waals surface area contributed by atoms with Crippen molar-refractivity contribution in [3.05, 3.63) is 36.0 Å². The van der Waals surface area contributed by atoms with Crippen LogP contribution in [0.15, 0.2) is 30.3 Å². The number of benzene rings is 1. The summed E-state index contributed by atoms with van der Waals surface area (Å²) in [6, 6.07) is 9.37. The Balaban J connectivity index is 1.87. The van der Waals surface area contributed by atoms with Crippen LogP contribution in [0.3, 0.4) is 0 Å². The monoisotopic (exact) mass is 327 g/mol. The van der Waals surface area contributed by atoms with Gasteiger partial charge in [-0.3, -0.25) is 9.59 Å². The van der Waals surface area contributed by atoms with Gasteiger partial charge < -0.3 is 10.6 Å². The molecule has 1 aliphatic carbocycles. The third-order valence-corrected chi connectivity index (χ3v) is 4.53. The van der Waals surface area contributed by atoms with Crippen molar-refractivity contribution in [2.45, 2.75) is 37.6 Å². The Morgan fingerprint density at radius 1 is 1.08 bits per heavy atom. The molecule has 0 spiro atoms. The summed E-state index contributed by atoms with van der Waals surface area (Å²) in [7, 11) is 1.59. The van der Waals surface area contributed by atoms with Gasteiger partial charge in [0.05, 0.1) is 0 Å². The quantitative estimate of drug-likeness (QED) is 0.795. The predicted octanol–water partition coefficient (Wildman–Crippen LogP) is 1.65. The van der Waals surface area contributed by atoms with Crippen LogP contribution in [0.25, 0.3) is 11.3 Å². The van der Waals surface area contributed by atoms with Gasteiger partial charge in [0.2, 0.25) is 5.91 Å². The van der Waals surface area contributed by atoms with Crippen molar-refractivity contribution in [3.8, 4) is 11.3 Å². The Morgan fingerprint density at radius 2 is 1.79 bits per heavy atom. The SMILES string of the molecule is CNC(=O)C1(NC(=O)c2n[nH]nc2-c2ccccc2)CCCCC1. The number of aromatic nitrogens is 3. The Kier molecular flexibility index (Phi) is 4.59. The number of carbonyl (C=O) groups excluding carboxylic acids is 2. The van der Waals surface area contributed by atoms with Crippen LogP contribution in [-0.2, 0) is 4.79 Å². The van der Waals surface area contributed by atoms with Crippen LogP contribution in [0.5, 0.6) is 0 Å². The van der Waals surface area contributed by atoms with Crippen LogP contribution >= 0.6 is 0 Å². The molecule has 2 aromatic rings. The van der Waals surface area contributed by atoms with E-state index in [9.17, 15) is 9.59 Å². The van der Waals surface area contributed by atoms with Crippen molar-refractivity contribution < 1.29 is 9.59 Å². The van der Waals surface area contributed by atoms with Crippen LogP contribution in [0.2, 0.25) is 0 Å². The Morgan fingerprint density at radius 3 is 2.46 bits per heavy atom. The average molecular weight is 327 g/mol. The fraction of sp³-hybridized carbons (Fsp3) is 0.412. The second kappa shape index (κ2) is 6.82. The number of carbonyl (C=O) groups is 2. The van der Waals surface area contributed by atoms with Gasteiger partial charge in [-0.05, 0) is 12.8 Å². The summed E-state index contributed by atoms with van der Waals surface area (Å²) < 4.78 is 0. The number of rotatable bonds is 4. The maximum absolute atomic E-state index is 12.8. The lowest BCUT2D eigenvalue weighted by molar-refractivity contribution is -0.128. The van der Waals surface area contributed by atoms with E-state index in [0.29, 0.717) is 18.5 Å². The van der Waals surface area contributed by atoms with E-state index in [0.717, 1.165) is 24.8 Å². The van der Waals surface area contributed by atoms with E-state index in [-0.39, 0.29) is 17.5 Å². The lowest BCUT2D eigenvalue weighted by Gasteiger charge is -2.36. The zero-order chi connectivity index (χ0) is 17.0. The van der Waals surface area contributed by atoms with Gasteiger partial charge in [-0.1, -0.05) is 49.6 Å². The molecule has 0 aliphatic heterocycles. The van der Waals surface area contributed by atoms with E-state index in [1.165, 1.54) is 0 Å². The summed E-state index contributed by atoms with van der Waals surface area (Å²) in [6.07, 6.45) is 4.18. The molecule has 1 aliphatic rings. The standard InChI is InChI=1S/C17H21N5O2/c1-18-16(24)17(10-6-3-7-11-17)19-15(23)14-13(20-22-21-14)12-8-4-2-5-9-12/h2,4-5,8-9H,3,6-7,10-11H2,1H3,(H,18,24)(H,19,23)(H,20,21,22). The number of aromatic amines is 1. The lowest BCUT2D eigenvalue weighted by atomic mass is 9.80. The molecular weight excluding hydrogens is 306 g/mol. The lowest BCUT2D eigenvalue weighted by Crippen LogP contribution is -2.59. The predicted molar refractivity (Wildman–Crippen MR) is 89.2 cm³/mol. The minimum absolute atomic E-state index is 0.152. The first-order chi connectivity index (χ1) is 11.7. The largest absolute Gasteiger partial charge is 0.357 e. The summed E-state index contributed by atoms with van der Waals surface area (Å²) in [5, 5.41) is 16.2. The van der Waals surface area contributed by atoms with E-state index in [4.69, 9.17) is 0 Å². The van der Waals surface area contributed by atoms with Crippen molar-refractivity contribution in [1.82, 2.24) is 26.0 Å². The van der Waals surface area contributed by atoms with Gasteiger partial charge in [0, 0.05) is 12.6 Å². The molecular formula is C17H21N5O2. The highest BCUT2D eigenvalue weighted by atomic mass is 16.2. The third-order valence-electron chi connectivity index (χ3n) is 4.53. The number of nitrogens with one attached hydrogen (secondary N) is 3. The Bertz CT molecular complexity index is 720. The van der Waals surface area contributed by atoms with Crippen molar-refractivity contribution in [2.75, 3.05) is 7.05 Å². The van der Waals surface area contributed by atoms with Crippen LogP contribution in [0, 0.1) is 0 Å². The molecule has 0 atom stereocenters. The van der Waals surface area contributed by atoms with Crippen molar-refractivity contribution in [2.24, 2.45) is 0 Å². The zero-order valence-electron chi connectivity index (χ0n) is 13.6. The number of likely N-dealkylation sites (N-methyl/N-ethyl adjacent to an activating group) is 1. The van der Waals surface area contributed by atoms with Crippen LogP contribution in [0.4, 0.5) is 0 Å². The van der Waals surface area contributed by atoms with Gasteiger partial charge in [0.1, 0.15) is 11.2 Å². The van der Waals surface area contributed by atoms with Gasteiger partial charge in [0.25, 0.3) is 5.91 Å². The number of H-pyrrole nitrogens is 1. The summed E-state index contributed by atoms with van der Waals surface area (Å²) in [5.74, 6) is -0.534. The summed E-state index contributed by atoms with van der Waals surface area (Å²) >= 11 is 0. The smallest absolute Gasteiger partial charge is 0.274 e. The minimum atomic E-state index is -0.864. The zero-order valence-corrected chi connectivity index (χ0v) is 13.6. The van der Waals surface area contributed by atoms with E-state index in [1.54, 1.807) is 7.05 Å². The van der Waals surface area contributed by atoms with E-state index in [1.807, 2.05) is 30.3 Å². The van der Waals surface area contributed by atoms with E-state index in [2.05, 4.69) is 26.0 Å². The fourth-order valence-electron chi connectivity index (χ4n) is 3.27. The summed E-state index contributed by atoms with van der Waals surface area (Å²) in [6.45, 7) is 0. The summed E-state index contributed by atoms with van der Waals surface area (Å²) in [4.78, 5) is 25.2. The maximum Gasteiger partial charge on any atom is 0.274 e. The molecule has 0 unspecified atom stereocenters. The average Bonchev–Trinajstić information content (AvgIpc) is 3.12. The number of amides is 2. The normalized spacial score (nSPS) is 16.4. The van der Waals surface area contributed by atoms with Gasteiger partial charge in [-0.2, -0.15) is 15.4 Å². The highest BCUT2D eigenvalue weighted by molar-refractivity contribution is 6.01. The van der Waals surface area contributed by atoms with Gasteiger partial charge >= 0.3 is 0 Å². The molecule has 0 radical (unpaired) electrons. The molecule has 7 nitrogen and oxygen atoms in total. The molecule has 3 N–H and O–H groups in total. The highest BCUT2D eigenvalue weighted by Gasteiger charge is 2.41. The first-order valence-corrected chi connectivity index (χ1v) is 8.17. The highest BCUT2D eigenvalue weighted by Crippen LogP contribution is 2.29. The van der Waals surface area contributed by atoms with Crippen molar-refractivity contribution in [3.63, 3.8) is 0 Å². The van der Waals surface area contributed by atoms with Gasteiger partial charge in [0.15, 0.2) is 5.69 Å². The topological polar surface area (TPSA) is 99.8 Å². The molecule has 7 heteroatoms. The van der Waals surface area contributed by atoms with Crippen LogP contribution in [-0.4, -0.2) is 39.8 Å². The molecule has 126 valence electrons. The summed E-state index contributed by atoms with van der Waals surface area (Å²) in [5.41, 5.74) is 0.622. The van der Waals surface area contributed by atoms with Gasteiger partial charge in [-0.15, -0.1) is 0 Å². The molecule has 0 saturated heterocycles. The number of hydrogen-bond donors (Lipinski definition) is 3. The van der Waals surface area contributed by atoms with Crippen molar-refractivity contribution >= 4 is 11.8 Å². The molecule has 1 heterocycles. The van der Waals surface area contributed by atoms with E-state index >= 15 is 0 Å². The second-order valence-corrected chi connectivity index (χ2v) is 6.06.